The molecule has 1 aliphatic rings. The summed E-state index contributed by atoms with van der Waals surface area (Å²) in [7, 11) is -3.13. The Balaban J connectivity index is 2.29. The molecule has 0 aromatic carbocycles. The fourth-order valence-corrected chi connectivity index (χ4v) is 3.36. The zero-order chi connectivity index (χ0) is 11.6. The standard InChI is InChI=1S/C10H15N3O2S/c1-2-16(14,15)13-7-3-4-10(13)9-8-11-5-6-12-9/h5-6,8,10H,2-4,7H2,1H3/t10-/m0/s1. The van der Waals surface area contributed by atoms with Crippen molar-refractivity contribution in [3.05, 3.63) is 24.3 Å². The van der Waals surface area contributed by atoms with Gasteiger partial charge in [0.1, 0.15) is 0 Å². The van der Waals surface area contributed by atoms with Crippen molar-refractivity contribution >= 4 is 10.0 Å². The minimum absolute atomic E-state index is 0.126. The number of nitrogens with zero attached hydrogens (tertiary/aromatic N) is 3. The Bertz CT molecular complexity index is 446. The van der Waals surface area contributed by atoms with Gasteiger partial charge in [0, 0.05) is 18.9 Å². The number of sulfonamides is 1. The SMILES string of the molecule is CCS(=O)(=O)N1CCC[C@H]1c1cnccn1. The summed E-state index contributed by atoms with van der Waals surface area (Å²) >= 11 is 0. The third-order valence-electron chi connectivity index (χ3n) is 2.85. The van der Waals surface area contributed by atoms with E-state index in [2.05, 4.69) is 9.97 Å². The summed E-state index contributed by atoms with van der Waals surface area (Å²) in [6.45, 7) is 2.26. The van der Waals surface area contributed by atoms with Crippen LogP contribution in [0.4, 0.5) is 0 Å². The second-order valence-electron chi connectivity index (χ2n) is 3.80. The predicted molar refractivity (Wildman–Crippen MR) is 60.2 cm³/mol. The van der Waals surface area contributed by atoms with Gasteiger partial charge in [0.25, 0.3) is 0 Å². The third-order valence-corrected chi connectivity index (χ3v) is 4.73. The van der Waals surface area contributed by atoms with Crippen LogP contribution in [-0.2, 0) is 10.0 Å². The summed E-state index contributed by atoms with van der Waals surface area (Å²) in [4.78, 5) is 8.18. The first-order valence-electron chi connectivity index (χ1n) is 5.40. The van der Waals surface area contributed by atoms with E-state index in [4.69, 9.17) is 0 Å². The lowest BCUT2D eigenvalue weighted by atomic mass is 10.2. The van der Waals surface area contributed by atoms with E-state index in [0.29, 0.717) is 6.54 Å². The van der Waals surface area contributed by atoms with Crippen LogP contribution in [0.3, 0.4) is 0 Å². The van der Waals surface area contributed by atoms with Crippen molar-refractivity contribution in [2.24, 2.45) is 0 Å². The summed E-state index contributed by atoms with van der Waals surface area (Å²) in [6.07, 6.45) is 6.56. The molecular formula is C10H15N3O2S. The first-order chi connectivity index (χ1) is 7.65. The van der Waals surface area contributed by atoms with Crippen molar-refractivity contribution in [2.75, 3.05) is 12.3 Å². The quantitative estimate of drug-likeness (QED) is 0.791. The molecule has 1 fully saturated rings. The van der Waals surface area contributed by atoms with E-state index in [0.717, 1.165) is 18.5 Å². The topological polar surface area (TPSA) is 63.2 Å². The largest absolute Gasteiger partial charge is 0.261 e. The van der Waals surface area contributed by atoms with E-state index in [9.17, 15) is 8.42 Å². The van der Waals surface area contributed by atoms with Crippen LogP contribution >= 0.6 is 0 Å². The average molecular weight is 241 g/mol. The normalized spacial score (nSPS) is 22.4. The molecule has 1 atom stereocenters. The zero-order valence-electron chi connectivity index (χ0n) is 9.20. The predicted octanol–water partition coefficient (Wildman–Crippen LogP) is 0.963. The van der Waals surface area contributed by atoms with Crippen LogP contribution in [0, 0.1) is 0 Å². The molecule has 2 rings (SSSR count). The van der Waals surface area contributed by atoms with Crippen LogP contribution in [0.5, 0.6) is 0 Å². The van der Waals surface area contributed by atoms with Crippen LogP contribution in [-0.4, -0.2) is 35.0 Å². The zero-order valence-corrected chi connectivity index (χ0v) is 10.0. The Morgan fingerprint density at radius 3 is 2.94 bits per heavy atom. The number of aromatic nitrogens is 2. The Labute approximate surface area is 95.6 Å². The molecule has 1 aromatic rings. The van der Waals surface area contributed by atoms with Gasteiger partial charge in [-0.2, -0.15) is 4.31 Å². The van der Waals surface area contributed by atoms with Crippen LogP contribution in [0.1, 0.15) is 31.5 Å². The summed E-state index contributed by atoms with van der Waals surface area (Å²) in [5, 5.41) is 0. The molecule has 0 unspecified atom stereocenters. The van der Waals surface area contributed by atoms with Crippen molar-refractivity contribution in [2.45, 2.75) is 25.8 Å². The van der Waals surface area contributed by atoms with Gasteiger partial charge in [0.2, 0.25) is 10.0 Å². The second kappa shape index (κ2) is 4.47. The molecule has 6 heteroatoms. The molecule has 0 aliphatic carbocycles. The lowest BCUT2D eigenvalue weighted by Gasteiger charge is -2.22. The summed E-state index contributed by atoms with van der Waals surface area (Å²) in [5.41, 5.74) is 0.747. The lowest BCUT2D eigenvalue weighted by Crippen LogP contribution is -2.32. The minimum Gasteiger partial charge on any atom is -0.261 e. The second-order valence-corrected chi connectivity index (χ2v) is 6.01. The van der Waals surface area contributed by atoms with Gasteiger partial charge in [-0.15, -0.1) is 0 Å². The highest BCUT2D eigenvalue weighted by Crippen LogP contribution is 2.32. The van der Waals surface area contributed by atoms with Gasteiger partial charge in [-0.1, -0.05) is 0 Å². The average Bonchev–Trinajstić information content (AvgIpc) is 2.80. The molecule has 1 aliphatic heterocycles. The molecule has 0 amide bonds. The van der Waals surface area contributed by atoms with E-state index in [-0.39, 0.29) is 11.8 Å². The maximum absolute atomic E-state index is 11.9. The molecule has 1 saturated heterocycles. The van der Waals surface area contributed by atoms with Crippen LogP contribution in [0.15, 0.2) is 18.6 Å². The van der Waals surface area contributed by atoms with Crippen molar-refractivity contribution in [1.29, 1.82) is 0 Å². The molecular weight excluding hydrogens is 226 g/mol. The van der Waals surface area contributed by atoms with E-state index in [1.807, 2.05) is 0 Å². The summed E-state index contributed by atoms with van der Waals surface area (Å²) < 4.78 is 25.3. The summed E-state index contributed by atoms with van der Waals surface area (Å²) in [5.74, 6) is 0.143. The van der Waals surface area contributed by atoms with Crippen molar-refractivity contribution < 1.29 is 8.42 Å². The number of rotatable bonds is 3. The first-order valence-corrected chi connectivity index (χ1v) is 7.01. The van der Waals surface area contributed by atoms with E-state index in [1.54, 1.807) is 29.8 Å². The van der Waals surface area contributed by atoms with Crippen LogP contribution < -0.4 is 0 Å². The molecule has 0 bridgehead atoms. The fourth-order valence-electron chi connectivity index (χ4n) is 2.02. The smallest absolute Gasteiger partial charge is 0.214 e. The minimum atomic E-state index is -3.13. The molecule has 0 spiro atoms. The van der Waals surface area contributed by atoms with Gasteiger partial charge < -0.3 is 0 Å². The van der Waals surface area contributed by atoms with E-state index >= 15 is 0 Å². The molecule has 5 nitrogen and oxygen atoms in total. The molecule has 0 N–H and O–H groups in total. The van der Waals surface area contributed by atoms with Crippen molar-refractivity contribution in [3.8, 4) is 0 Å². The molecule has 0 saturated carbocycles. The maximum Gasteiger partial charge on any atom is 0.214 e. The van der Waals surface area contributed by atoms with Gasteiger partial charge in [0.05, 0.1) is 23.7 Å². The fraction of sp³-hybridized carbons (Fsp3) is 0.600. The first kappa shape index (κ1) is 11.5. The Hall–Kier alpha value is -1.01. The Kier molecular flexibility index (Phi) is 3.20. The van der Waals surface area contributed by atoms with Crippen LogP contribution in [0.2, 0.25) is 0 Å². The van der Waals surface area contributed by atoms with E-state index < -0.39 is 10.0 Å². The Morgan fingerprint density at radius 2 is 2.31 bits per heavy atom. The highest BCUT2D eigenvalue weighted by Gasteiger charge is 2.34. The number of hydrogen-bond acceptors (Lipinski definition) is 4. The molecule has 16 heavy (non-hydrogen) atoms. The van der Waals surface area contributed by atoms with Crippen molar-refractivity contribution in [3.63, 3.8) is 0 Å². The molecule has 2 heterocycles. The number of hydrogen-bond donors (Lipinski definition) is 0. The highest BCUT2D eigenvalue weighted by molar-refractivity contribution is 7.89. The van der Waals surface area contributed by atoms with E-state index in [1.165, 1.54) is 0 Å². The van der Waals surface area contributed by atoms with Gasteiger partial charge in [-0.05, 0) is 19.8 Å². The monoisotopic (exact) mass is 241 g/mol. The molecule has 1 aromatic heterocycles. The van der Waals surface area contributed by atoms with Gasteiger partial charge >= 0.3 is 0 Å². The van der Waals surface area contributed by atoms with Gasteiger partial charge in [-0.3, -0.25) is 9.97 Å². The third kappa shape index (κ3) is 2.08. The maximum atomic E-state index is 11.9. The lowest BCUT2D eigenvalue weighted by molar-refractivity contribution is 0.390. The Morgan fingerprint density at radius 1 is 1.50 bits per heavy atom. The summed E-state index contributed by atoms with van der Waals surface area (Å²) in [6, 6.07) is -0.126. The van der Waals surface area contributed by atoms with Gasteiger partial charge in [-0.25, -0.2) is 8.42 Å². The highest BCUT2D eigenvalue weighted by atomic mass is 32.2. The van der Waals surface area contributed by atoms with Crippen molar-refractivity contribution in [1.82, 2.24) is 14.3 Å². The molecule has 0 radical (unpaired) electrons. The van der Waals surface area contributed by atoms with Crippen LogP contribution in [0.25, 0.3) is 0 Å². The van der Waals surface area contributed by atoms with Gasteiger partial charge in [0.15, 0.2) is 0 Å². The molecule has 88 valence electrons.